The number of nitrogens with zero attached hydrogens (tertiary/aromatic N) is 4. The number of alkyl halides is 3. The lowest BCUT2D eigenvalue weighted by Crippen LogP contribution is -2.34. The van der Waals surface area contributed by atoms with Crippen LogP contribution in [0.3, 0.4) is 0 Å². The highest BCUT2D eigenvalue weighted by Gasteiger charge is 2.35. The smallest absolute Gasteiger partial charge is 0.383 e. The monoisotopic (exact) mass is 609 g/mol. The number of nitrogen functional groups attached to an aromatic ring is 1. The Kier molecular flexibility index (Phi) is 8.60. The summed E-state index contributed by atoms with van der Waals surface area (Å²) >= 11 is 0. The fraction of sp³-hybridized carbons (Fsp3) is 0.412. The summed E-state index contributed by atoms with van der Waals surface area (Å²) in [7, 11) is 0. The molecule has 0 bridgehead atoms. The van der Waals surface area contributed by atoms with E-state index in [0.29, 0.717) is 24.6 Å². The van der Waals surface area contributed by atoms with E-state index < -0.39 is 17.6 Å². The van der Waals surface area contributed by atoms with Crippen LogP contribution in [0.2, 0.25) is 0 Å². The van der Waals surface area contributed by atoms with Crippen LogP contribution in [0.5, 0.6) is 0 Å². The number of piperidine rings is 1. The van der Waals surface area contributed by atoms with E-state index in [1.807, 2.05) is 12.3 Å². The van der Waals surface area contributed by atoms with Crippen LogP contribution in [0.25, 0.3) is 22.4 Å². The molecule has 0 radical (unpaired) electrons. The van der Waals surface area contributed by atoms with Crippen molar-refractivity contribution in [2.75, 3.05) is 23.7 Å². The van der Waals surface area contributed by atoms with Gasteiger partial charge in [-0.25, -0.2) is 18.7 Å². The van der Waals surface area contributed by atoms with Crippen LogP contribution in [0.1, 0.15) is 68.7 Å². The maximum atomic E-state index is 14.0. The first-order valence-corrected chi connectivity index (χ1v) is 15.4. The Balaban J connectivity index is 1.24. The van der Waals surface area contributed by atoms with Gasteiger partial charge in [-0.15, -0.1) is 0 Å². The number of nitrogens with two attached hydrogens (primary N) is 1. The molecule has 1 aliphatic heterocycles. The first kappa shape index (κ1) is 30.1. The summed E-state index contributed by atoms with van der Waals surface area (Å²) in [6.45, 7) is 2.15. The van der Waals surface area contributed by atoms with Crippen LogP contribution in [0, 0.1) is 17.6 Å². The molecule has 1 aliphatic carbocycles. The second-order valence-corrected chi connectivity index (χ2v) is 12.0. The highest BCUT2D eigenvalue weighted by atomic mass is 19.4. The third-order valence-electron chi connectivity index (χ3n) is 9.15. The Labute approximate surface area is 253 Å². The number of rotatable bonds is 9. The zero-order chi connectivity index (χ0) is 30.8. The van der Waals surface area contributed by atoms with Gasteiger partial charge in [0, 0.05) is 54.8 Å². The minimum absolute atomic E-state index is 0.0997. The highest BCUT2D eigenvalue weighted by Crippen LogP contribution is 2.39. The summed E-state index contributed by atoms with van der Waals surface area (Å²) in [5.74, 6) is 0.527. The van der Waals surface area contributed by atoms with Gasteiger partial charge < -0.3 is 15.2 Å². The minimum atomic E-state index is -4.79. The van der Waals surface area contributed by atoms with Crippen molar-refractivity contribution >= 4 is 11.5 Å². The first-order chi connectivity index (χ1) is 21.2. The molecular formula is C34H36F5N5. The quantitative estimate of drug-likeness (QED) is 0.152. The van der Waals surface area contributed by atoms with Crippen molar-refractivity contribution in [1.29, 1.82) is 0 Å². The number of anilines is 2. The van der Waals surface area contributed by atoms with Crippen molar-refractivity contribution in [3.8, 4) is 22.4 Å². The van der Waals surface area contributed by atoms with Gasteiger partial charge in [0.2, 0.25) is 0 Å². The zero-order valence-corrected chi connectivity index (χ0v) is 24.5. The lowest BCUT2D eigenvalue weighted by molar-refractivity contribution is -0.139. The largest absolute Gasteiger partial charge is 0.419 e. The van der Waals surface area contributed by atoms with E-state index in [2.05, 4.69) is 14.5 Å². The number of pyridine rings is 1. The normalized spacial score (nSPS) is 16.3. The van der Waals surface area contributed by atoms with Gasteiger partial charge in [0.25, 0.3) is 0 Å². The molecule has 5 nitrogen and oxygen atoms in total. The molecule has 2 aliphatic rings. The molecule has 0 spiro atoms. The SMILES string of the molecule is Nc1nccc(N2CCC(c3nc(-c4ccc(F)c(C(F)(F)F)c4)cn3CCCCC3CCC3)CC2)c1-c1ccc(F)cc1. The number of aromatic nitrogens is 3. The standard InChI is InChI=1S/C34H36F5N5/c35-26-10-7-23(8-11-26)31-30(13-16-41-32(31)40)43-18-14-24(15-19-43)33-42-29(21-44(33)17-2-1-4-22-5-3-6-22)25-9-12-28(36)27(20-25)34(37,38)39/h7-13,16,20-22,24H,1-6,14-15,17-19H2,(H2,40,41). The Hall–Kier alpha value is -3.95. The number of hydrogen-bond donors (Lipinski definition) is 1. The molecule has 1 saturated heterocycles. The summed E-state index contributed by atoms with van der Waals surface area (Å²) in [6.07, 6.45) is 7.45. The second kappa shape index (κ2) is 12.6. The van der Waals surface area contributed by atoms with E-state index in [-0.39, 0.29) is 17.3 Å². The van der Waals surface area contributed by atoms with Gasteiger partial charge in [-0.05, 0) is 67.1 Å². The molecule has 10 heteroatoms. The van der Waals surface area contributed by atoms with Crippen molar-refractivity contribution in [2.45, 2.75) is 70.0 Å². The molecular weight excluding hydrogens is 573 g/mol. The topological polar surface area (TPSA) is 60.0 Å². The summed E-state index contributed by atoms with van der Waals surface area (Å²) in [6, 6.07) is 11.2. The van der Waals surface area contributed by atoms with Crippen LogP contribution in [0.15, 0.2) is 60.9 Å². The van der Waals surface area contributed by atoms with Crippen molar-refractivity contribution < 1.29 is 22.0 Å². The number of halogens is 5. The predicted molar refractivity (Wildman–Crippen MR) is 162 cm³/mol. The van der Waals surface area contributed by atoms with Gasteiger partial charge in [-0.3, -0.25) is 0 Å². The summed E-state index contributed by atoms with van der Waals surface area (Å²) in [5, 5.41) is 0. The maximum absolute atomic E-state index is 14.0. The molecule has 4 aromatic rings. The van der Waals surface area contributed by atoms with Gasteiger partial charge in [0.1, 0.15) is 23.3 Å². The second-order valence-electron chi connectivity index (χ2n) is 12.0. The summed E-state index contributed by atoms with van der Waals surface area (Å²) in [5.41, 5.74) is 8.16. The molecule has 1 saturated carbocycles. The van der Waals surface area contributed by atoms with Crippen molar-refractivity contribution in [3.63, 3.8) is 0 Å². The Bertz CT molecular complexity index is 1580. The average Bonchev–Trinajstić information content (AvgIpc) is 3.40. The third kappa shape index (κ3) is 6.44. The average molecular weight is 610 g/mol. The minimum Gasteiger partial charge on any atom is -0.383 e. The Morgan fingerprint density at radius 3 is 2.30 bits per heavy atom. The number of hydrogen-bond acceptors (Lipinski definition) is 4. The molecule has 2 N–H and O–H groups in total. The molecule has 232 valence electrons. The van der Waals surface area contributed by atoms with Gasteiger partial charge in [-0.2, -0.15) is 13.2 Å². The molecule has 2 fully saturated rings. The van der Waals surface area contributed by atoms with Gasteiger partial charge >= 0.3 is 6.18 Å². The Morgan fingerprint density at radius 1 is 0.886 bits per heavy atom. The maximum Gasteiger partial charge on any atom is 0.419 e. The molecule has 0 atom stereocenters. The fourth-order valence-electron chi connectivity index (χ4n) is 6.49. The fourth-order valence-corrected chi connectivity index (χ4v) is 6.49. The van der Waals surface area contributed by atoms with E-state index >= 15 is 0 Å². The van der Waals surface area contributed by atoms with E-state index in [9.17, 15) is 22.0 Å². The molecule has 3 heterocycles. The van der Waals surface area contributed by atoms with Gasteiger partial charge in [0.15, 0.2) is 0 Å². The summed E-state index contributed by atoms with van der Waals surface area (Å²) in [4.78, 5) is 11.4. The number of imidazole rings is 1. The highest BCUT2D eigenvalue weighted by molar-refractivity contribution is 5.86. The molecule has 0 unspecified atom stereocenters. The van der Waals surface area contributed by atoms with Crippen molar-refractivity contribution in [1.82, 2.24) is 14.5 Å². The summed E-state index contributed by atoms with van der Waals surface area (Å²) < 4.78 is 70.2. The molecule has 0 amide bonds. The zero-order valence-electron chi connectivity index (χ0n) is 24.5. The molecule has 2 aromatic carbocycles. The van der Waals surface area contributed by atoms with E-state index in [4.69, 9.17) is 10.7 Å². The number of unbranched alkanes of at least 4 members (excludes halogenated alkanes) is 1. The third-order valence-corrected chi connectivity index (χ3v) is 9.15. The van der Waals surface area contributed by atoms with Crippen LogP contribution in [-0.2, 0) is 12.7 Å². The van der Waals surface area contributed by atoms with Crippen LogP contribution in [0.4, 0.5) is 33.5 Å². The van der Waals surface area contributed by atoms with E-state index in [0.717, 1.165) is 72.9 Å². The predicted octanol–water partition coefficient (Wildman–Crippen LogP) is 8.85. The molecule has 44 heavy (non-hydrogen) atoms. The van der Waals surface area contributed by atoms with Gasteiger partial charge in [-0.1, -0.05) is 44.2 Å². The van der Waals surface area contributed by atoms with Gasteiger partial charge in [0.05, 0.1) is 11.3 Å². The van der Waals surface area contributed by atoms with E-state index in [1.54, 1.807) is 18.3 Å². The van der Waals surface area contributed by atoms with Crippen molar-refractivity contribution in [3.05, 3.63) is 83.9 Å². The first-order valence-electron chi connectivity index (χ1n) is 15.4. The van der Waals surface area contributed by atoms with Crippen LogP contribution >= 0.6 is 0 Å². The Morgan fingerprint density at radius 2 is 1.61 bits per heavy atom. The van der Waals surface area contributed by atoms with E-state index in [1.165, 1.54) is 43.9 Å². The molecule has 2 aromatic heterocycles. The van der Waals surface area contributed by atoms with Crippen LogP contribution in [-0.4, -0.2) is 27.6 Å². The number of aryl methyl sites for hydroxylation is 1. The lowest BCUT2D eigenvalue weighted by atomic mass is 9.82. The number of benzene rings is 2. The lowest BCUT2D eigenvalue weighted by Gasteiger charge is -2.35. The van der Waals surface area contributed by atoms with Crippen molar-refractivity contribution in [2.24, 2.45) is 5.92 Å². The molecule has 6 rings (SSSR count). The van der Waals surface area contributed by atoms with Crippen LogP contribution < -0.4 is 10.6 Å².